The second-order valence-corrected chi connectivity index (χ2v) is 6.13. The number of thiophene rings is 1. The van der Waals surface area contributed by atoms with Gasteiger partial charge in [-0.15, -0.1) is 11.3 Å². The topological polar surface area (TPSA) is 40.5 Å². The largest absolute Gasteiger partial charge is 0.480 e. The van der Waals surface area contributed by atoms with E-state index in [2.05, 4.69) is 20.8 Å². The van der Waals surface area contributed by atoms with Crippen LogP contribution < -0.4 is 0 Å². The number of nitrogens with zero attached hydrogens (tertiary/aromatic N) is 1. The highest BCUT2D eigenvalue weighted by molar-refractivity contribution is 9.10. The molecule has 0 saturated carbocycles. The molecule has 1 aliphatic rings. The summed E-state index contributed by atoms with van der Waals surface area (Å²) >= 11 is 4.96. The lowest BCUT2D eigenvalue weighted by atomic mass is 10.2. The van der Waals surface area contributed by atoms with Crippen molar-refractivity contribution in [1.29, 1.82) is 0 Å². The zero-order chi connectivity index (χ0) is 12.3. The number of rotatable bonds is 3. The van der Waals surface area contributed by atoms with Crippen LogP contribution in [0.5, 0.6) is 0 Å². The van der Waals surface area contributed by atoms with Gasteiger partial charge in [0.25, 0.3) is 0 Å². The Kier molecular flexibility index (Phi) is 4.59. The van der Waals surface area contributed by atoms with Crippen LogP contribution in [-0.2, 0) is 4.79 Å². The molecule has 1 unspecified atom stereocenters. The molecule has 0 aromatic carbocycles. The van der Waals surface area contributed by atoms with Gasteiger partial charge in [-0.2, -0.15) is 0 Å². The predicted molar refractivity (Wildman–Crippen MR) is 72.4 cm³/mol. The van der Waals surface area contributed by atoms with E-state index in [-0.39, 0.29) is 0 Å². The monoisotopic (exact) mass is 317 g/mol. The van der Waals surface area contributed by atoms with Gasteiger partial charge in [0, 0.05) is 9.35 Å². The average Bonchev–Trinajstić information content (AvgIpc) is 2.55. The molecule has 1 N–H and O–H groups in total. The van der Waals surface area contributed by atoms with E-state index in [1.165, 1.54) is 24.2 Å². The van der Waals surface area contributed by atoms with Crippen molar-refractivity contribution < 1.29 is 9.90 Å². The Bertz CT molecular complexity index is 386. The van der Waals surface area contributed by atoms with Crippen molar-refractivity contribution in [3.05, 3.63) is 20.8 Å². The van der Waals surface area contributed by atoms with Gasteiger partial charge in [-0.3, -0.25) is 9.69 Å². The maximum atomic E-state index is 11.5. The predicted octanol–water partition coefficient (Wildman–Crippen LogP) is 3.51. The molecule has 3 nitrogen and oxygen atoms in total. The molecule has 0 aliphatic carbocycles. The summed E-state index contributed by atoms with van der Waals surface area (Å²) in [4.78, 5) is 14.5. The average molecular weight is 318 g/mol. The molecule has 1 aromatic rings. The minimum absolute atomic E-state index is 0.484. The van der Waals surface area contributed by atoms with Crippen LogP contribution in [0, 0.1) is 0 Å². The molecule has 1 atom stereocenters. The van der Waals surface area contributed by atoms with Crippen LogP contribution in [0.15, 0.2) is 15.9 Å². The first kappa shape index (κ1) is 13.1. The van der Waals surface area contributed by atoms with Crippen LogP contribution in [0.2, 0.25) is 0 Å². The Morgan fingerprint density at radius 1 is 1.35 bits per heavy atom. The molecule has 1 saturated heterocycles. The van der Waals surface area contributed by atoms with Gasteiger partial charge in [-0.25, -0.2) is 0 Å². The van der Waals surface area contributed by atoms with Crippen LogP contribution in [0.3, 0.4) is 0 Å². The van der Waals surface area contributed by atoms with Crippen LogP contribution in [0.4, 0.5) is 0 Å². The van der Waals surface area contributed by atoms with Crippen molar-refractivity contribution >= 4 is 33.2 Å². The minimum Gasteiger partial charge on any atom is -0.480 e. The number of hydrogen-bond acceptors (Lipinski definition) is 3. The van der Waals surface area contributed by atoms with Crippen molar-refractivity contribution in [3.63, 3.8) is 0 Å². The summed E-state index contributed by atoms with van der Waals surface area (Å²) in [7, 11) is 0. The fourth-order valence-electron chi connectivity index (χ4n) is 2.29. The minimum atomic E-state index is -0.741. The highest BCUT2D eigenvalue weighted by Gasteiger charge is 2.30. The van der Waals surface area contributed by atoms with Crippen molar-refractivity contribution in [2.24, 2.45) is 0 Å². The van der Waals surface area contributed by atoms with Crippen molar-refractivity contribution in [2.75, 3.05) is 13.1 Å². The van der Waals surface area contributed by atoms with E-state index in [0.29, 0.717) is 0 Å². The van der Waals surface area contributed by atoms with E-state index in [1.54, 1.807) is 0 Å². The van der Waals surface area contributed by atoms with Gasteiger partial charge in [-0.05, 0) is 53.3 Å². The summed E-state index contributed by atoms with van der Waals surface area (Å²) in [5.41, 5.74) is 0. The smallest absolute Gasteiger partial charge is 0.326 e. The lowest BCUT2D eigenvalue weighted by Gasteiger charge is -2.26. The van der Waals surface area contributed by atoms with Crippen LogP contribution >= 0.6 is 27.3 Å². The molecule has 0 radical (unpaired) electrons. The zero-order valence-electron chi connectivity index (χ0n) is 9.56. The number of hydrogen-bond donors (Lipinski definition) is 1. The number of carboxylic acids is 1. The Morgan fingerprint density at radius 3 is 2.47 bits per heavy atom. The first-order valence-corrected chi connectivity index (χ1v) is 7.57. The molecule has 2 rings (SSSR count). The number of carboxylic acid groups (broad SMARTS) is 1. The van der Waals surface area contributed by atoms with Gasteiger partial charge in [0.2, 0.25) is 0 Å². The third-order valence-electron chi connectivity index (χ3n) is 3.13. The quantitative estimate of drug-likeness (QED) is 0.927. The summed E-state index contributed by atoms with van der Waals surface area (Å²) in [6.07, 6.45) is 4.64. The lowest BCUT2D eigenvalue weighted by molar-refractivity contribution is -0.143. The zero-order valence-corrected chi connectivity index (χ0v) is 12.0. The van der Waals surface area contributed by atoms with Gasteiger partial charge in [0.15, 0.2) is 0 Å². The number of likely N-dealkylation sites (tertiary alicyclic amines) is 1. The van der Waals surface area contributed by atoms with Gasteiger partial charge in [0.05, 0.1) is 0 Å². The molecule has 2 heterocycles. The molecular formula is C12H16BrNO2S. The standard InChI is InChI=1S/C12H16BrNO2S/c13-9-5-8-17-11(9)10(12(15)16)14-6-3-1-2-4-7-14/h5,8,10H,1-4,6-7H2,(H,15,16). The summed E-state index contributed by atoms with van der Waals surface area (Å²) < 4.78 is 0.916. The Morgan fingerprint density at radius 2 is 2.00 bits per heavy atom. The number of carbonyl (C=O) groups is 1. The van der Waals surface area contributed by atoms with Gasteiger partial charge >= 0.3 is 5.97 Å². The summed E-state index contributed by atoms with van der Waals surface area (Å²) in [6.45, 7) is 1.78. The van der Waals surface area contributed by atoms with E-state index in [4.69, 9.17) is 0 Å². The Balaban J connectivity index is 2.22. The van der Waals surface area contributed by atoms with Crippen LogP contribution in [-0.4, -0.2) is 29.1 Å². The van der Waals surface area contributed by atoms with E-state index in [0.717, 1.165) is 35.3 Å². The third-order valence-corrected chi connectivity index (χ3v) is 5.06. The summed E-state index contributed by atoms with van der Waals surface area (Å²) in [5.74, 6) is -0.741. The highest BCUT2D eigenvalue weighted by atomic mass is 79.9. The van der Waals surface area contributed by atoms with Crippen LogP contribution in [0.25, 0.3) is 0 Å². The van der Waals surface area contributed by atoms with Crippen molar-refractivity contribution in [3.8, 4) is 0 Å². The SMILES string of the molecule is O=C(O)C(c1sccc1Br)N1CCCCCC1. The molecule has 0 amide bonds. The van der Waals surface area contributed by atoms with Crippen molar-refractivity contribution in [1.82, 2.24) is 4.90 Å². The normalized spacial score (nSPS) is 19.8. The molecule has 0 bridgehead atoms. The van der Waals surface area contributed by atoms with E-state index < -0.39 is 12.0 Å². The fourth-order valence-corrected chi connectivity index (χ4v) is 4.00. The van der Waals surface area contributed by atoms with Crippen molar-refractivity contribution in [2.45, 2.75) is 31.7 Å². The lowest BCUT2D eigenvalue weighted by Crippen LogP contribution is -2.34. The fraction of sp³-hybridized carbons (Fsp3) is 0.583. The molecule has 5 heteroatoms. The molecule has 1 aliphatic heterocycles. The second kappa shape index (κ2) is 5.98. The molecule has 0 spiro atoms. The van der Waals surface area contributed by atoms with Gasteiger partial charge in [-0.1, -0.05) is 12.8 Å². The van der Waals surface area contributed by atoms with E-state index in [9.17, 15) is 9.90 Å². The second-order valence-electron chi connectivity index (χ2n) is 4.32. The highest BCUT2D eigenvalue weighted by Crippen LogP contribution is 2.34. The first-order valence-electron chi connectivity index (χ1n) is 5.90. The molecular weight excluding hydrogens is 302 g/mol. The molecule has 94 valence electrons. The third kappa shape index (κ3) is 3.09. The van der Waals surface area contributed by atoms with E-state index in [1.807, 2.05) is 11.4 Å². The van der Waals surface area contributed by atoms with Crippen LogP contribution in [0.1, 0.15) is 36.6 Å². The Hall–Kier alpha value is -0.390. The van der Waals surface area contributed by atoms with Gasteiger partial charge < -0.3 is 5.11 Å². The molecule has 17 heavy (non-hydrogen) atoms. The summed E-state index contributed by atoms with van der Waals surface area (Å²) in [5, 5.41) is 11.4. The van der Waals surface area contributed by atoms with E-state index >= 15 is 0 Å². The number of aliphatic carboxylic acids is 1. The maximum absolute atomic E-state index is 11.5. The summed E-state index contributed by atoms with van der Waals surface area (Å²) in [6, 6.07) is 1.44. The molecule has 1 aromatic heterocycles. The molecule has 1 fully saturated rings. The number of halogens is 1. The maximum Gasteiger partial charge on any atom is 0.326 e. The van der Waals surface area contributed by atoms with Gasteiger partial charge in [0.1, 0.15) is 6.04 Å². The Labute approximate surface area is 114 Å². The first-order chi connectivity index (χ1) is 8.20.